The van der Waals surface area contributed by atoms with Gasteiger partial charge in [-0.05, 0) is 31.6 Å². The first-order valence-corrected chi connectivity index (χ1v) is 6.78. The molecule has 2 rings (SSSR count). The number of hydrogen-bond acceptors (Lipinski definition) is 2. The molecule has 0 spiro atoms. The second-order valence-corrected chi connectivity index (χ2v) is 6.18. The van der Waals surface area contributed by atoms with Crippen LogP contribution in [0.25, 0.3) is 0 Å². The summed E-state index contributed by atoms with van der Waals surface area (Å²) >= 11 is 0. The van der Waals surface area contributed by atoms with Gasteiger partial charge in [0.15, 0.2) is 5.78 Å². The smallest absolute Gasteiger partial charge is 0.233 e. The molecule has 2 fully saturated rings. The van der Waals surface area contributed by atoms with Gasteiger partial charge in [0, 0.05) is 12.0 Å². The summed E-state index contributed by atoms with van der Waals surface area (Å²) in [7, 11) is 0. The van der Waals surface area contributed by atoms with Gasteiger partial charge in [0.05, 0.1) is 0 Å². The van der Waals surface area contributed by atoms with E-state index in [9.17, 15) is 9.59 Å². The maximum atomic E-state index is 12.4. The van der Waals surface area contributed by atoms with Gasteiger partial charge < -0.3 is 5.32 Å². The fourth-order valence-electron chi connectivity index (χ4n) is 3.53. The Hall–Kier alpha value is -0.860. The maximum absolute atomic E-state index is 12.4. The van der Waals surface area contributed by atoms with Gasteiger partial charge in [-0.15, -0.1) is 0 Å². The molecule has 0 aliphatic heterocycles. The van der Waals surface area contributed by atoms with Crippen LogP contribution >= 0.6 is 0 Å². The van der Waals surface area contributed by atoms with Crippen LogP contribution in [-0.4, -0.2) is 18.2 Å². The molecule has 2 atom stereocenters. The normalized spacial score (nSPS) is 34.1. The van der Waals surface area contributed by atoms with Crippen LogP contribution in [0.5, 0.6) is 0 Å². The average molecular weight is 237 g/mol. The molecule has 3 heteroatoms. The van der Waals surface area contributed by atoms with Crippen LogP contribution in [0.4, 0.5) is 0 Å². The van der Waals surface area contributed by atoms with Crippen LogP contribution in [0.3, 0.4) is 0 Å². The zero-order chi connectivity index (χ0) is 12.7. The van der Waals surface area contributed by atoms with E-state index >= 15 is 0 Å². The fraction of sp³-hybridized carbons (Fsp3) is 0.857. The van der Waals surface area contributed by atoms with Crippen molar-refractivity contribution in [2.24, 2.45) is 16.7 Å². The van der Waals surface area contributed by atoms with Crippen molar-refractivity contribution >= 4 is 11.7 Å². The molecular weight excluding hydrogens is 214 g/mol. The van der Waals surface area contributed by atoms with Crippen molar-refractivity contribution < 1.29 is 9.59 Å². The topological polar surface area (TPSA) is 46.2 Å². The summed E-state index contributed by atoms with van der Waals surface area (Å²) in [5.41, 5.74) is -0.970. The Balaban J connectivity index is 2.10. The molecule has 0 heterocycles. The molecule has 2 aliphatic carbocycles. The van der Waals surface area contributed by atoms with E-state index in [1.54, 1.807) is 0 Å². The Bertz CT molecular complexity index is 348. The van der Waals surface area contributed by atoms with Crippen molar-refractivity contribution in [1.29, 1.82) is 0 Å². The van der Waals surface area contributed by atoms with Gasteiger partial charge in [-0.3, -0.25) is 9.59 Å². The molecule has 2 saturated carbocycles. The molecule has 0 aromatic carbocycles. The lowest BCUT2D eigenvalue weighted by Gasteiger charge is -2.32. The van der Waals surface area contributed by atoms with Gasteiger partial charge in [0.1, 0.15) is 5.41 Å². The third-order valence-electron chi connectivity index (χ3n) is 4.81. The summed E-state index contributed by atoms with van der Waals surface area (Å²) in [6.45, 7) is 6.80. The zero-order valence-electron chi connectivity index (χ0n) is 11.1. The predicted molar refractivity (Wildman–Crippen MR) is 66.5 cm³/mol. The number of carbonyl (C=O) groups excluding carboxylic acids is 2. The Morgan fingerprint density at radius 1 is 1.47 bits per heavy atom. The molecule has 1 N–H and O–H groups in total. The lowest BCUT2D eigenvalue weighted by molar-refractivity contribution is -0.145. The van der Waals surface area contributed by atoms with Gasteiger partial charge in [-0.2, -0.15) is 0 Å². The number of fused-ring (bicyclic) bond motifs is 2. The minimum atomic E-state index is -0.679. The van der Waals surface area contributed by atoms with Crippen molar-refractivity contribution in [2.75, 3.05) is 6.54 Å². The quantitative estimate of drug-likeness (QED) is 0.602. The van der Waals surface area contributed by atoms with Gasteiger partial charge in [0.2, 0.25) is 5.91 Å². The molecule has 0 aromatic heterocycles. The summed E-state index contributed by atoms with van der Waals surface area (Å²) in [6.07, 6.45) is 4.62. The first-order chi connectivity index (χ1) is 7.95. The molecule has 2 unspecified atom stereocenters. The Kier molecular flexibility index (Phi) is 3.04. The molecule has 17 heavy (non-hydrogen) atoms. The number of nitrogens with one attached hydrogen (secondary N) is 1. The zero-order valence-corrected chi connectivity index (χ0v) is 11.1. The Morgan fingerprint density at radius 3 is 2.71 bits per heavy atom. The van der Waals surface area contributed by atoms with Crippen LogP contribution < -0.4 is 5.32 Å². The SMILES string of the molecule is CCCCNC(=O)C12CCC(C1)C(C)(C)C2=O. The number of amides is 1. The summed E-state index contributed by atoms with van der Waals surface area (Å²) in [4.78, 5) is 24.7. The third-order valence-corrected chi connectivity index (χ3v) is 4.81. The van der Waals surface area contributed by atoms with Crippen LogP contribution in [0.1, 0.15) is 52.9 Å². The molecule has 96 valence electrons. The first-order valence-electron chi connectivity index (χ1n) is 6.78. The van der Waals surface area contributed by atoms with Gasteiger partial charge in [-0.1, -0.05) is 27.2 Å². The van der Waals surface area contributed by atoms with Crippen molar-refractivity contribution in [3.05, 3.63) is 0 Å². The molecular formula is C14H23NO2. The highest BCUT2D eigenvalue weighted by atomic mass is 16.2. The van der Waals surface area contributed by atoms with E-state index in [0.29, 0.717) is 12.5 Å². The number of hydrogen-bond donors (Lipinski definition) is 1. The number of ketones is 1. The minimum absolute atomic E-state index is 0.0102. The number of carbonyl (C=O) groups is 2. The maximum Gasteiger partial charge on any atom is 0.233 e. The van der Waals surface area contributed by atoms with Crippen molar-refractivity contribution in [1.82, 2.24) is 5.32 Å². The highest BCUT2D eigenvalue weighted by Gasteiger charge is 2.64. The van der Waals surface area contributed by atoms with Crippen LogP contribution in [0, 0.1) is 16.7 Å². The fourth-order valence-corrected chi connectivity index (χ4v) is 3.53. The molecule has 0 radical (unpaired) electrons. The van der Waals surface area contributed by atoms with Crippen LogP contribution in [0.15, 0.2) is 0 Å². The molecule has 2 bridgehead atoms. The van der Waals surface area contributed by atoms with Crippen molar-refractivity contribution in [3.8, 4) is 0 Å². The molecule has 0 aromatic rings. The van der Waals surface area contributed by atoms with E-state index in [1.807, 2.05) is 13.8 Å². The lowest BCUT2D eigenvalue weighted by atomic mass is 9.70. The first kappa shape index (κ1) is 12.6. The molecule has 0 saturated heterocycles. The standard InChI is InChI=1S/C14H23NO2/c1-4-5-8-15-12(17)14-7-6-10(9-14)13(2,3)11(14)16/h10H,4-9H2,1-3H3,(H,15,17). The van der Waals surface area contributed by atoms with E-state index in [2.05, 4.69) is 12.2 Å². The van der Waals surface area contributed by atoms with Gasteiger partial charge in [0.25, 0.3) is 0 Å². The Morgan fingerprint density at radius 2 is 2.18 bits per heavy atom. The van der Waals surface area contributed by atoms with E-state index in [1.165, 1.54) is 0 Å². The van der Waals surface area contributed by atoms with E-state index in [0.717, 1.165) is 32.1 Å². The van der Waals surface area contributed by atoms with Gasteiger partial charge >= 0.3 is 0 Å². The summed E-state index contributed by atoms with van der Waals surface area (Å²) in [6, 6.07) is 0. The van der Waals surface area contributed by atoms with Crippen molar-refractivity contribution in [2.45, 2.75) is 52.9 Å². The Labute approximate surface area is 103 Å². The second kappa shape index (κ2) is 4.11. The summed E-state index contributed by atoms with van der Waals surface area (Å²) < 4.78 is 0. The average Bonchev–Trinajstić information content (AvgIpc) is 2.80. The van der Waals surface area contributed by atoms with Crippen LogP contribution in [-0.2, 0) is 9.59 Å². The van der Waals surface area contributed by atoms with E-state index in [4.69, 9.17) is 0 Å². The molecule has 1 amide bonds. The monoisotopic (exact) mass is 237 g/mol. The summed E-state index contributed by atoms with van der Waals surface area (Å²) in [5.74, 6) is 0.575. The van der Waals surface area contributed by atoms with Crippen LogP contribution in [0.2, 0.25) is 0 Å². The predicted octanol–water partition coefficient (Wildman–Crippen LogP) is 2.30. The van der Waals surface area contributed by atoms with Crippen molar-refractivity contribution in [3.63, 3.8) is 0 Å². The third kappa shape index (κ3) is 1.71. The summed E-state index contributed by atoms with van der Waals surface area (Å²) in [5, 5.41) is 2.95. The van der Waals surface area contributed by atoms with E-state index < -0.39 is 5.41 Å². The second-order valence-electron chi connectivity index (χ2n) is 6.18. The molecule has 2 aliphatic rings. The highest BCUT2D eigenvalue weighted by Crippen LogP contribution is 2.60. The number of Topliss-reactive ketones (excluding diaryl/α,β-unsaturated/α-hetero) is 1. The highest BCUT2D eigenvalue weighted by molar-refractivity contribution is 6.10. The number of unbranched alkanes of at least 4 members (excludes halogenated alkanes) is 1. The van der Waals surface area contributed by atoms with Gasteiger partial charge in [-0.25, -0.2) is 0 Å². The minimum Gasteiger partial charge on any atom is -0.355 e. The molecule has 3 nitrogen and oxygen atoms in total. The largest absolute Gasteiger partial charge is 0.355 e. The number of rotatable bonds is 4. The lowest BCUT2D eigenvalue weighted by Crippen LogP contribution is -2.47. The van der Waals surface area contributed by atoms with E-state index in [-0.39, 0.29) is 17.1 Å².